The highest BCUT2D eigenvalue weighted by atomic mass is 32.1. The zero-order valence-corrected chi connectivity index (χ0v) is 12.5. The number of benzene rings is 1. The Morgan fingerprint density at radius 1 is 1.29 bits per heavy atom. The van der Waals surface area contributed by atoms with Crippen LogP contribution in [0.2, 0.25) is 0 Å². The second kappa shape index (κ2) is 6.11. The van der Waals surface area contributed by atoms with Gasteiger partial charge in [-0.05, 0) is 17.7 Å². The molecule has 3 aromatic rings. The van der Waals surface area contributed by atoms with Crippen LogP contribution in [0.25, 0.3) is 0 Å². The van der Waals surface area contributed by atoms with Crippen molar-refractivity contribution in [2.75, 3.05) is 0 Å². The zero-order valence-electron chi connectivity index (χ0n) is 10.9. The highest BCUT2D eigenvalue weighted by Gasteiger charge is 2.07. The van der Waals surface area contributed by atoms with E-state index >= 15 is 0 Å². The van der Waals surface area contributed by atoms with Gasteiger partial charge in [-0.1, -0.05) is 23.5 Å². The molecule has 0 aliphatic rings. The molecule has 0 radical (unpaired) electrons. The number of rotatable bonds is 5. The lowest BCUT2D eigenvalue weighted by Crippen LogP contribution is -1.95. The number of nitrogens with zero attached hydrogens (tertiary/aromatic N) is 1. The fraction of sp³-hybridized carbons (Fsp3) is 0.143. The second-order valence-corrected chi connectivity index (χ2v) is 6.16. The summed E-state index contributed by atoms with van der Waals surface area (Å²) in [7, 11) is 0. The average Bonchev–Trinajstić information content (AvgIpc) is 3.08. The number of thiazole rings is 2. The van der Waals surface area contributed by atoms with Gasteiger partial charge in [0, 0.05) is 11.8 Å². The smallest absolute Gasteiger partial charge is 0.307 e. The molecule has 0 aliphatic carbocycles. The summed E-state index contributed by atoms with van der Waals surface area (Å²) < 4.78 is 5.62. The first-order valence-corrected chi connectivity index (χ1v) is 7.96. The van der Waals surface area contributed by atoms with Gasteiger partial charge >= 0.3 is 4.87 Å². The van der Waals surface area contributed by atoms with E-state index in [1.807, 2.05) is 29.6 Å². The van der Waals surface area contributed by atoms with E-state index in [1.165, 1.54) is 11.3 Å². The Labute approximate surface area is 128 Å². The van der Waals surface area contributed by atoms with Crippen LogP contribution < -0.4 is 9.61 Å². The van der Waals surface area contributed by atoms with Gasteiger partial charge in [-0.25, -0.2) is 4.98 Å². The van der Waals surface area contributed by atoms with Crippen LogP contribution >= 0.6 is 22.7 Å². The van der Waals surface area contributed by atoms with Crippen LogP contribution in [0.15, 0.2) is 40.0 Å². The molecule has 0 amide bonds. The molecule has 108 valence electrons. The molecule has 0 fully saturated rings. The summed E-state index contributed by atoms with van der Waals surface area (Å²) >= 11 is 2.56. The van der Waals surface area contributed by atoms with E-state index < -0.39 is 0 Å². The summed E-state index contributed by atoms with van der Waals surface area (Å²) in [6, 6.07) is 7.57. The largest absolute Gasteiger partial charge is 0.494 e. The molecule has 1 aromatic carbocycles. The lowest BCUT2D eigenvalue weighted by Gasteiger charge is -2.05. The van der Waals surface area contributed by atoms with Crippen LogP contribution in [0.5, 0.6) is 11.6 Å². The summed E-state index contributed by atoms with van der Waals surface area (Å²) in [6.45, 7) is 0.447. The molecular formula is C14H12N2O3S2. The summed E-state index contributed by atoms with van der Waals surface area (Å²) in [4.78, 5) is 18.0. The molecule has 0 saturated heterocycles. The molecule has 0 bridgehead atoms. The van der Waals surface area contributed by atoms with E-state index in [9.17, 15) is 9.90 Å². The molecule has 0 atom stereocenters. The Kier molecular flexibility index (Phi) is 4.03. The summed E-state index contributed by atoms with van der Waals surface area (Å²) in [5.74, 6) is 0.715. The minimum Gasteiger partial charge on any atom is -0.494 e. The number of H-pyrrole nitrogens is 1. The fourth-order valence-corrected chi connectivity index (χ4v) is 3.13. The van der Waals surface area contributed by atoms with Crippen molar-refractivity contribution in [2.24, 2.45) is 0 Å². The quantitative estimate of drug-likeness (QED) is 0.758. The maximum absolute atomic E-state index is 11.1. The monoisotopic (exact) mass is 320 g/mol. The van der Waals surface area contributed by atoms with Crippen LogP contribution in [0.4, 0.5) is 0 Å². The SMILES string of the molecule is O=c1[nH]c(O)c(Cc2ccc(OCc3cscn3)cc2)s1. The molecule has 2 heterocycles. The average molecular weight is 320 g/mol. The third-order valence-corrected chi connectivity index (χ3v) is 4.37. The van der Waals surface area contributed by atoms with E-state index in [0.717, 1.165) is 28.3 Å². The van der Waals surface area contributed by atoms with E-state index in [0.29, 0.717) is 17.9 Å². The van der Waals surface area contributed by atoms with Crippen LogP contribution in [0, 0.1) is 0 Å². The highest BCUT2D eigenvalue weighted by molar-refractivity contribution is 7.09. The zero-order chi connectivity index (χ0) is 14.7. The Morgan fingerprint density at radius 2 is 2.10 bits per heavy atom. The topological polar surface area (TPSA) is 75.2 Å². The van der Waals surface area contributed by atoms with Gasteiger partial charge < -0.3 is 9.84 Å². The fourth-order valence-electron chi connectivity index (χ4n) is 1.83. The van der Waals surface area contributed by atoms with Gasteiger partial charge in [0.1, 0.15) is 12.4 Å². The Balaban J connectivity index is 1.63. The molecule has 2 aromatic heterocycles. The van der Waals surface area contributed by atoms with Crippen molar-refractivity contribution in [3.8, 4) is 11.6 Å². The predicted octanol–water partition coefficient (Wildman–Crippen LogP) is 2.77. The lowest BCUT2D eigenvalue weighted by atomic mass is 10.1. The van der Waals surface area contributed by atoms with Crippen molar-refractivity contribution in [3.05, 3.63) is 61.0 Å². The Morgan fingerprint density at radius 3 is 2.71 bits per heavy atom. The third kappa shape index (κ3) is 3.50. The Hall–Kier alpha value is -2.12. The van der Waals surface area contributed by atoms with Crippen molar-refractivity contribution in [1.82, 2.24) is 9.97 Å². The number of nitrogens with one attached hydrogen (secondary N) is 1. The summed E-state index contributed by atoms with van der Waals surface area (Å²) in [6.07, 6.45) is 0.515. The van der Waals surface area contributed by atoms with Gasteiger partial charge in [0.25, 0.3) is 0 Å². The number of aromatic nitrogens is 2. The maximum Gasteiger partial charge on any atom is 0.307 e. The molecular weight excluding hydrogens is 308 g/mol. The molecule has 0 aliphatic heterocycles. The van der Waals surface area contributed by atoms with Crippen molar-refractivity contribution in [3.63, 3.8) is 0 Å². The molecule has 3 rings (SSSR count). The number of ether oxygens (including phenoxy) is 1. The van der Waals surface area contributed by atoms with Crippen LogP contribution in [-0.4, -0.2) is 15.1 Å². The first-order valence-electron chi connectivity index (χ1n) is 6.20. The van der Waals surface area contributed by atoms with E-state index in [4.69, 9.17) is 4.74 Å². The van der Waals surface area contributed by atoms with E-state index in [1.54, 1.807) is 5.51 Å². The number of aromatic hydroxyl groups is 1. The highest BCUT2D eigenvalue weighted by Crippen LogP contribution is 2.22. The maximum atomic E-state index is 11.1. The second-order valence-electron chi connectivity index (χ2n) is 4.38. The minimum absolute atomic E-state index is 0.0474. The van der Waals surface area contributed by atoms with E-state index in [-0.39, 0.29) is 10.8 Å². The van der Waals surface area contributed by atoms with Crippen molar-refractivity contribution in [1.29, 1.82) is 0 Å². The molecule has 5 nitrogen and oxygen atoms in total. The first-order chi connectivity index (χ1) is 10.2. The Bertz CT molecular complexity index is 760. The van der Waals surface area contributed by atoms with E-state index in [2.05, 4.69) is 9.97 Å². The molecule has 0 saturated carbocycles. The van der Waals surface area contributed by atoms with Crippen LogP contribution in [0.1, 0.15) is 16.1 Å². The number of hydrogen-bond acceptors (Lipinski definition) is 6. The summed E-state index contributed by atoms with van der Waals surface area (Å²) in [5, 5.41) is 11.5. The predicted molar refractivity (Wildman–Crippen MR) is 82.3 cm³/mol. The third-order valence-electron chi connectivity index (χ3n) is 2.86. The minimum atomic E-state index is -0.245. The number of aromatic amines is 1. The van der Waals surface area contributed by atoms with Crippen molar-refractivity contribution >= 4 is 22.7 Å². The van der Waals surface area contributed by atoms with Crippen molar-refractivity contribution in [2.45, 2.75) is 13.0 Å². The van der Waals surface area contributed by atoms with Gasteiger partial charge in [-0.3, -0.25) is 9.78 Å². The van der Waals surface area contributed by atoms with Crippen LogP contribution in [-0.2, 0) is 13.0 Å². The van der Waals surface area contributed by atoms with Gasteiger partial charge in [0.15, 0.2) is 0 Å². The van der Waals surface area contributed by atoms with Gasteiger partial charge in [0.2, 0.25) is 5.88 Å². The lowest BCUT2D eigenvalue weighted by molar-refractivity contribution is 0.302. The molecule has 0 spiro atoms. The molecule has 21 heavy (non-hydrogen) atoms. The number of hydrogen-bond donors (Lipinski definition) is 2. The van der Waals surface area contributed by atoms with Gasteiger partial charge in [-0.15, -0.1) is 11.3 Å². The molecule has 2 N–H and O–H groups in total. The molecule has 7 heteroatoms. The van der Waals surface area contributed by atoms with Crippen molar-refractivity contribution < 1.29 is 9.84 Å². The first kappa shape index (κ1) is 13.8. The standard InChI is InChI=1S/C14H12N2O3S2/c17-13-12(21-14(18)16-13)5-9-1-3-11(4-2-9)19-6-10-7-20-8-15-10/h1-4,7-8,17H,5-6H2,(H,16,18). The van der Waals surface area contributed by atoms with Crippen LogP contribution in [0.3, 0.4) is 0 Å². The van der Waals surface area contributed by atoms with Gasteiger partial charge in [-0.2, -0.15) is 0 Å². The summed E-state index contributed by atoms with van der Waals surface area (Å²) in [5.41, 5.74) is 3.68. The van der Waals surface area contributed by atoms with Gasteiger partial charge in [0.05, 0.1) is 16.1 Å². The normalized spacial score (nSPS) is 10.7. The molecule has 0 unspecified atom stereocenters.